The molecule has 0 bridgehead atoms. The zero-order valence-corrected chi connectivity index (χ0v) is 4.81. The van der Waals surface area contributed by atoms with Crippen LogP contribution in [0.5, 0.6) is 0 Å². The molecule has 0 N–H and O–H groups in total. The normalized spacial score (nSPS) is 9.43. The Morgan fingerprint density at radius 2 is 2.43 bits per heavy atom. The van der Waals surface area contributed by atoms with E-state index in [1.165, 1.54) is 18.6 Å². The largest absolute Gasteiger partial charge is 0.466 e. The first-order chi connectivity index (χ1) is 3.31. The van der Waals surface area contributed by atoms with Gasteiger partial charge in [0.15, 0.2) is 0 Å². The average molecular weight is 118 g/mol. The molecule has 0 amide bonds. The third-order valence-electron chi connectivity index (χ3n) is 0.412. The average Bonchev–Trinajstić information content (AvgIpc) is 1.68. The Kier molecular flexibility index (Phi) is 3.50. The zero-order chi connectivity index (χ0) is 5.70. The summed E-state index contributed by atoms with van der Waals surface area (Å²) in [5.41, 5.74) is 0. The van der Waals surface area contributed by atoms with E-state index in [2.05, 4.69) is 17.4 Å². The molecular formula is C4H6O2S. The van der Waals surface area contributed by atoms with Gasteiger partial charge < -0.3 is 4.74 Å². The van der Waals surface area contributed by atoms with Crippen molar-refractivity contribution in [3.05, 3.63) is 11.5 Å². The predicted molar refractivity (Wildman–Crippen MR) is 30.1 cm³/mol. The first-order valence-corrected chi connectivity index (χ1v) is 2.21. The number of esters is 1. The van der Waals surface area contributed by atoms with Crippen LogP contribution in [0.4, 0.5) is 0 Å². The Morgan fingerprint density at radius 3 is 2.57 bits per heavy atom. The standard InChI is InChI=1S/C4H6O2S/c1-6-4(5)2-3-7/h2-3,7H,1H3. The van der Waals surface area contributed by atoms with Crippen molar-refractivity contribution < 1.29 is 9.53 Å². The van der Waals surface area contributed by atoms with Crippen molar-refractivity contribution in [1.29, 1.82) is 0 Å². The smallest absolute Gasteiger partial charge is 0.330 e. The van der Waals surface area contributed by atoms with Crippen molar-refractivity contribution in [2.75, 3.05) is 7.11 Å². The van der Waals surface area contributed by atoms with E-state index < -0.39 is 0 Å². The van der Waals surface area contributed by atoms with Crippen LogP contribution in [0.2, 0.25) is 0 Å². The zero-order valence-electron chi connectivity index (χ0n) is 3.92. The van der Waals surface area contributed by atoms with Crippen LogP contribution in [-0.2, 0) is 9.53 Å². The summed E-state index contributed by atoms with van der Waals surface area (Å²) < 4.78 is 4.22. The summed E-state index contributed by atoms with van der Waals surface area (Å²) in [5, 5.41) is 1.33. The predicted octanol–water partition coefficient (Wildman–Crippen LogP) is 0.603. The van der Waals surface area contributed by atoms with Gasteiger partial charge in [-0.25, -0.2) is 4.79 Å². The highest BCUT2D eigenvalue weighted by Crippen LogP contribution is 1.78. The highest BCUT2D eigenvalue weighted by atomic mass is 32.1. The summed E-state index contributed by atoms with van der Waals surface area (Å²) >= 11 is 3.63. The quantitative estimate of drug-likeness (QED) is 0.310. The molecule has 2 nitrogen and oxygen atoms in total. The fraction of sp³-hybridized carbons (Fsp3) is 0.250. The van der Waals surface area contributed by atoms with E-state index in [9.17, 15) is 4.79 Å². The van der Waals surface area contributed by atoms with Crippen LogP contribution in [-0.4, -0.2) is 13.1 Å². The molecule has 0 aliphatic carbocycles. The van der Waals surface area contributed by atoms with Crippen molar-refractivity contribution >= 4 is 18.6 Å². The van der Waals surface area contributed by atoms with Gasteiger partial charge in [0.25, 0.3) is 0 Å². The highest BCUT2D eigenvalue weighted by Gasteiger charge is 1.84. The topological polar surface area (TPSA) is 26.3 Å². The van der Waals surface area contributed by atoms with Gasteiger partial charge in [-0.1, -0.05) is 0 Å². The van der Waals surface area contributed by atoms with Gasteiger partial charge in [0, 0.05) is 6.08 Å². The molecule has 0 aromatic rings. The maximum atomic E-state index is 10.1. The van der Waals surface area contributed by atoms with Crippen molar-refractivity contribution in [3.8, 4) is 0 Å². The SMILES string of the molecule is COC(=O)C=CS. The molecule has 0 atom stereocenters. The number of rotatable bonds is 1. The van der Waals surface area contributed by atoms with Crippen LogP contribution in [0.3, 0.4) is 0 Å². The number of methoxy groups -OCH3 is 1. The van der Waals surface area contributed by atoms with Crippen LogP contribution >= 0.6 is 12.6 Å². The highest BCUT2D eigenvalue weighted by molar-refractivity contribution is 7.83. The summed E-state index contributed by atoms with van der Waals surface area (Å²) in [5.74, 6) is -0.380. The minimum atomic E-state index is -0.380. The summed E-state index contributed by atoms with van der Waals surface area (Å²) in [7, 11) is 1.32. The molecule has 0 rings (SSSR count). The molecule has 40 valence electrons. The maximum Gasteiger partial charge on any atom is 0.330 e. The molecule has 0 heterocycles. The van der Waals surface area contributed by atoms with Crippen molar-refractivity contribution in [2.45, 2.75) is 0 Å². The molecule has 0 radical (unpaired) electrons. The second-order valence-electron chi connectivity index (χ2n) is 0.839. The number of carbonyl (C=O) groups is 1. The van der Waals surface area contributed by atoms with E-state index in [4.69, 9.17) is 0 Å². The van der Waals surface area contributed by atoms with E-state index in [0.29, 0.717) is 0 Å². The molecule has 0 aromatic carbocycles. The summed E-state index contributed by atoms with van der Waals surface area (Å²) in [6, 6.07) is 0. The Labute approximate surface area is 47.6 Å². The van der Waals surface area contributed by atoms with Crippen molar-refractivity contribution in [1.82, 2.24) is 0 Å². The lowest BCUT2D eigenvalue weighted by Crippen LogP contribution is -1.92. The molecule has 0 saturated carbocycles. The van der Waals surface area contributed by atoms with E-state index in [1.807, 2.05) is 0 Å². The van der Waals surface area contributed by atoms with E-state index in [0.717, 1.165) is 0 Å². The molecule has 3 heteroatoms. The van der Waals surface area contributed by atoms with Crippen LogP contribution in [0, 0.1) is 0 Å². The van der Waals surface area contributed by atoms with Gasteiger partial charge in [-0.2, -0.15) is 12.6 Å². The van der Waals surface area contributed by atoms with Crippen LogP contribution in [0.15, 0.2) is 11.5 Å². The van der Waals surface area contributed by atoms with E-state index in [-0.39, 0.29) is 5.97 Å². The second-order valence-corrected chi connectivity index (χ2v) is 1.14. The minimum Gasteiger partial charge on any atom is -0.466 e. The Balaban J connectivity index is 3.37. The number of hydrogen-bond acceptors (Lipinski definition) is 3. The first-order valence-electron chi connectivity index (χ1n) is 1.70. The van der Waals surface area contributed by atoms with E-state index in [1.54, 1.807) is 0 Å². The Hall–Kier alpha value is -0.440. The number of carbonyl (C=O) groups excluding carboxylic acids is 1. The lowest BCUT2D eigenvalue weighted by atomic mass is 10.7. The third-order valence-corrected chi connectivity index (χ3v) is 0.561. The Bertz CT molecular complexity index is 87.7. The van der Waals surface area contributed by atoms with Gasteiger partial charge >= 0.3 is 5.97 Å². The van der Waals surface area contributed by atoms with Gasteiger partial charge in [-0.3, -0.25) is 0 Å². The summed E-state index contributed by atoms with van der Waals surface area (Å²) in [6.07, 6.45) is 1.23. The lowest BCUT2D eigenvalue weighted by Gasteiger charge is -1.84. The van der Waals surface area contributed by atoms with Gasteiger partial charge in [-0.15, -0.1) is 0 Å². The van der Waals surface area contributed by atoms with Crippen molar-refractivity contribution in [2.24, 2.45) is 0 Å². The van der Waals surface area contributed by atoms with Crippen LogP contribution < -0.4 is 0 Å². The molecule has 7 heavy (non-hydrogen) atoms. The molecule has 0 aromatic heterocycles. The summed E-state index contributed by atoms with van der Waals surface area (Å²) in [6.45, 7) is 0. The second kappa shape index (κ2) is 3.74. The van der Waals surface area contributed by atoms with Gasteiger partial charge in [-0.05, 0) is 5.41 Å². The molecule has 0 fully saturated rings. The molecule has 0 saturated heterocycles. The molecular weight excluding hydrogens is 112 g/mol. The van der Waals surface area contributed by atoms with E-state index >= 15 is 0 Å². The first kappa shape index (κ1) is 6.56. The molecule has 0 spiro atoms. The van der Waals surface area contributed by atoms with Gasteiger partial charge in [0.2, 0.25) is 0 Å². The fourth-order valence-corrected chi connectivity index (χ4v) is 0.251. The maximum absolute atomic E-state index is 10.1. The third kappa shape index (κ3) is 3.39. The minimum absolute atomic E-state index is 0.380. The summed E-state index contributed by atoms with van der Waals surface area (Å²) in [4.78, 5) is 10.1. The number of ether oxygens (including phenoxy) is 1. The van der Waals surface area contributed by atoms with Crippen molar-refractivity contribution in [3.63, 3.8) is 0 Å². The van der Waals surface area contributed by atoms with Crippen LogP contribution in [0.25, 0.3) is 0 Å². The van der Waals surface area contributed by atoms with Gasteiger partial charge in [0.1, 0.15) is 0 Å². The molecule has 0 aliphatic rings. The fourth-order valence-electron chi connectivity index (χ4n) is 0.129. The monoisotopic (exact) mass is 118 g/mol. The van der Waals surface area contributed by atoms with Crippen LogP contribution in [0.1, 0.15) is 0 Å². The lowest BCUT2D eigenvalue weighted by molar-refractivity contribution is -0.134. The Morgan fingerprint density at radius 1 is 1.86 bits per heavy atom. The van der Waals surface area contributed by atoms with Gasteiger partial charge in [0.05, 0.1) is 7.11 Å². The number of thiol groups is 1. The molecule has 0 unspecified atom stereocenters. The molecule has 0 aliphatic heterocycles. The number of hydrogen-bond donors (Lipinski definition) is 1.